The Hall–Kier alpha value is -4.10. The van der Waals surface area contributed by atoms with Crippen LogP contribution >= 0.6 is 0 Å². The standard InChI is InChI=1S/C34H36N2O8S2/c1-33(2)26-9-5-6-10-28(26)36(22-23-13-15-24(16-14-23)32(37)38)31(33)12-7-11-30-34(3,4)27-21-25(46(42,43)44)17-18-29(27)35(30)19-8-20-45(39,40)41/h5-7,9-18,21H,8,19-20,22H2,1-4H3,(H2-,37,38,39,40,41,42,43,44). The van der Waals surface area contributed by atoms with Crippen LogP contribution in [0.2, 0.25) is 0 Å². The number of rotatable bonds is 10. The van der Waals surface area contributed by atoms with Gasteiger partial charge in [0.15, 0.2) is 12.3 Å². The second-order valence-corrected chi connectivity index (χ2v) is 15.5. The SMILES string of the molecule is CC1(C)C(/C=C/C=C2/N(CCCS(=O)(=O)[O-])c3ccc(S(=O)(=O)O)cc3C2(C)C)=[N+](Cc2ccc(C(=O)O)cc2)c2ccccc21. The quantitative estimate of drug-likeness (QED) is 0.215. The van der Waals surface area contributed by atoms with Crippen molar-refractivity contribution < 1.29 is 40.4 Å². The Labute approximate surface area is 269 Å². The number of fused-ring (bicyclic) bond motifs is 2. The Kier molecular flexibility index (Phi) is 8.62. The normalized spacial score (nSPS) is 18.0. The molecule has 0 saturated heterocycles. The van der Waals surface area contributed by atoms with Gasteiger partial charge in [0.2, 0.25) is 5.69 Å². The first-order valence-electron chi connectivity index (χ1n) is 14.7. The number of carboxylic acid groups (broad SMARTS) is 1. The number of carbonyl (C=O) groups is 1. The number of anilines is 1. The molecule has 0 fully saturated rings. The topological polar surface area (TPSA) is 155 Å². The third-order valence-electron chi connectivity index (χ3n) is 8.79. The van der Waals surface area contributed by atoms with Gasteiger partial charge >= 0.3 is 5.97 Å². The van der Waals surface area contributed by atoms with Crippen molar-refractivity contribution in [2.75, 3.05) is 17.2 Å². The maximum Gasteiger partial charge on any atom is 0.335 e. The van der Waals surface area contributed by atoms with Crippen LogP contribution in [-0.4, -0.2) is 59.6 Å². The first-order chi connectivity index (χ1) is 21.4. The lowest BCUT2D eigenvalue weighted by Gasteiger charge is -2.27. The van der Waals surface area contributed by atoms with Crippen molar-refractivity contribution in [3.05, 3.63) is 113 Å². The number of benzene rings is 3. The van der Waals surface area contributed by atoms with Crippen molar-refractivity contribution in [2.24, 2.45) is 0 Å². The van der Waals surface area contributed by atoms with Crippen LogP contribution in [0.3, 0.4) is 0 Å². The molecule has 2 heterocycles. The van der Waals surface area contributed by atoms with E-state index in [9.17, 15) is 35.8 Å². The summed E-state index contributed by atoms with van der Waals surface area (Å²) in [6.07, 6.45) is 5.90. The maximum atomic E-state index is 12.0. The van der Waals surface area contributed by atoms with Crippen LogP contribution in [0.15, 0.2) is 95.6 Å². The van der Waals surface area contributed by atoms with E-state index in [0.29, 0.717) is 17.8 Å². The van der Waals surface area contributed by atoms with Crippen LogP contribution in [-0.2, 0) is 37.6 Å². The Balaban J connectivity index is 1.58. The molecular weight excluding hydrogens is 629 g/mol. The Morgan fingerprint density at radius 1 is 0.935 bits per heavy atom. The van der Waals surface area contributed by atoms with Gasteiger partial charge in [-0.3, -0.25) is 4.55 Å². The van der Waals surface area contributed by atoms with Crippen molar-refractivity contribution in [2.45, 2.75) is 56.4 Å². The fourth-order valence-corrected chi connectivity index (χ4v) is 7.42. The molecule has 0 amide bonds. The fourth-order valence-electron chi connectivity index (χ4n) is 6.43. The van der Waals surface area contributed by atoms with Crippen LogP contribution in [0.5, 0.6) is 0 Å². The highest BCUT2D eigenvalue weighted by Gasteiger charge is 2.44. The lowest BCUT2D eigenvalue weighted by Crippen LogP contribution is -2.28. The molecule has 12 heteroatoms. The van der Waals surface area contributed by atoms with E-state index in [1.807, 2.05) is 49.1 Å². The average Bonchev–Trinajstić information content (AvgIpc) is 3.31. The zero-order valence-electron chi connectivity index (χ0n) is 26.0. The van der Waals surface area contributed by atoms with Gasteiger partial charge < -0.3 is 14.6 Å². The smallest absolute Gasteiger partial charge is 0.335 e. The fraction of sp³-hybridized carbons (Fsp3) is 0.294. The molecule has 0 saturated carbocycles. The second kappa shape index (κ2) is 11.9. The molecule has 0 atom stereocenters. The molecule has 0 aliphatic carbocycles. The van der Waals surface area contributed by atoms with E-state index in [1.54, 1.807) is 30.3 Å². The molecule has 2 N–H and O–H groups in total. The van der Waals surface area contributed by atoms with Crippen molar-refractivity contribution in [1.29, 1.82) is 0 Å². The number of aromatic carboxylic acids is 1. The summed E-state index contributed by atoms with van der Waals surface area (Å²) in [6, 6.07) is 19.2. The molecule has 46 heavy (non-hydrogen) atoms. The second-order valence-electron chi connectivity index (χ2n) is 12.6. The van der Waals surface area contributed by atoms with E-state index in [2.05, 4.69) is 30.6 Å². The first-order valence-corrected chi connectivity index (χ1v) is 17.7. The predicted octanol–water partition coefficient (Wildman–Crippen LogP) is 5.38. The first kappa shape index (κ1) is 33.3. The zero-order chi connectivity index (χ0) is 33.7. The minimum atomic E-state index is -4.46. The Morgan fingerprint density at radius 3 is 2.24 bits per heavy atom. The number of para-hydroxylation sites is 1. The van der Waals surface area contributed by atoms with Crippen molar-refractivity contribution in [3.63, 3.8) is 0 Å². The average molecular weight is 665 g/mol. The van der Waals surface area contributed by atoms with Crippen LogP contribution in [0.4, 0.5) is 11.4 Å². The van der Waals surface area contributed by atoms with Gasteiger partial charge in [0, 0.05) is 52.4 Å². The summed E-state index contributed by atoms with van der Waals surface area (Å²) in [5.74, 6) is -1.53. The summed E-state index contributed by atoms with van der Waals surface area (Å²) in [5, 5.41) is 9.32. The molecule has 3 aromatic carbocycles. The van der Waals surface area contributed by atoms with E-state index >= 15 is 0 Å². The molecule has 5 rings (SSSR count). The van der Waals surface area contributed by atoms with Gasteiger partial charge in [0.1, 0.15) is 0 Å². The van der Waals surface area contributed by atoms with Crippen molar-refractivity contribution >= 4 is 43.3 Å². The Morgan fingerprint density at radius 2 is 1.61 bits per heavy atom. The molecule has 0 unspecified atom stereocenters. The molecule has 0 radical (unpaired) electrons. The summed E-state index contributed by atoms with van der Waals surface area (Å²) < 4.78 is 69.9. The van der Waals surface area contributed by atoms with Gasteiger partial charge in [0.05, 0.1) is 26.0 Å². The third-order valence-corrected chi connectivity index (χ3v) is 10.4. The van der Waals surface area contributed by atoms with Gasteiger partial charge in [-0.2, -0.15) is 13.0 Å². The van der Waals surface area contributed by atoms with Crippen LogP contribution in [0, 0.1) is 0 Å². The monoisotopic (exact) mass is 664 g/mol. The number of hydrogen-bond acceptors (Lipinski definition) is 7. The minimum absolute atomic E-state index is 0.0661. The molecule has 2 aliphatic heterocycles. The summed E-state index contributed by atoms with van der Waals surface area (Å²) in [4.78, 5) is 13.0. The largest absolute Gasteiger partial charge is 0.748 e. The highest BCUT2D eigenvalue weighted by Crippen LogP contribution is 2.48. The van der Waals surface area contributed by atoms with Gasteiger partial charge in [0.25, 0.3) is 10.1 Å². The van der Waals surface area contributed by atoms with E-state index in [4.69, 9.17) is 0 Å². The summed E-state index contributed by atoms with van der Waals surface area (Å²) in [5.41, 5.74) is 5.26. The van der Waals surface area contributed by atoms with Gasteiger partial charge in [-0.25, -0.2) is 13.2 Å². The number of allylic oxidation sites excluding steroid dienone is 4. The predicted molar refractivity (Wildman–Crippen MR) is 175 cm³/mol. The van der Waals surface area contributed by atoms with Crippen LogP contribution < -0.4 is 4.90 Å². The molecule has 0 bridgehead atoms. The molecule has 0 aromatic heterocycles. The molecule has 3 aromatic rings. The minimum Gasteiger partial charge on any atom is -0.748 e. The molecular formula is C34H36N2O8S2. The lowest BCUT2D eigenvalue weighted by molar-refractivity contribution is -0.455. The van der Waals surface area contributed by atoms with Gasteiger partial charge in [-0.15, -0.1) is 0 Å². The maximum absolute atomic E-state index is 12.0. The number of nitrogens with zero attached hydrogens (tertiary/aromatic N) is 2. The van der Waals surface area contributed by atoms with E-state index in [0.717, 1.165) is 28.2 Å². The Bertz CT molecular complexity index is 2020. The van der Waals surface area contributed by atoms with Gasteiger partial charge in [-0.1, -0.05) is 50.3 Å². The van der Waals surface area contributed by atoms with E-state index in [1.165, 1.54) is 12.1 Å². The molecule has 10 nitrogen and oxygen atoms in total. The lowest BCUT2D eigenvalue weighted by atomic mass is 9.81. The van der Waals surface area contributed by atoms with Crippen molar-refractivity contribution in [3.8, 4) is 0 Å². The molecule has 242 valence electrons. The van der Waals surface area contributed by atoms with E-state index < -0.39 is 37.4 Å². The van der Waals surface area contributed by atoms with E-state index in [-0.39, 0.29) is 28.8 Å². The zero-order valence-corrected chi connectivity index (χ0v) is 27.6. The summed E-state index contributed by atoms with van der Waals surface area (Å²) in [7, 11) is -8.89. The number of carboxylic acids is 1. The number of hydrogen-bond donors (Lipinski definition) is 2. The highest BCUT2D eigenvalue weighted by atomic mass is 32.2. The molecule has 0 spiro atoms. The highest BCUT2D eigenvalue weighted by molar-refractivity contribution is 7.86. The summed E-state index contributed by atoms with van der Waals surface area (Å²) in [6.45, 7) is 8.80. The third kappa shape index (κ3) is 6.43. The van der Waals surface area contributed by atoms with Crippen LogP contribution in [0.1, 0.15) is 61.2 Å². The summed E-state index contributed by atoms with van der Waals surface area (Å²) >= 11 is 0. The van der Waals surface area contributed by atoms with Crippen molar-refractivity contribution in [1.82, 2.24) is 0 Å². The van der Waals surface area contributed by atoms with Gasteiger partial charge in [-0.05, 0) is 62.2 Å². The van der Waals surface area contributed by atoms with Crippen LogP contribution in [0.25, 0.3) is 0 Å². The molecule has 2 aliphatic rings.